The first kappa shape index (κ1) is 30.6. The Morgan fingerprint density at radius 2 is 0.412 bits per heavy atom. The molecule has 0 aliphatic carbocycles. The molecule has 5 heteroatoms. The molecule has 4 N–H and O–H groups in total. The molecule has 0 spiro atoms. The zero-order chi connectivity index (χ0) is 14.3. The molecule has 0 saturated heterocycles. The van der Waals surface area contributed by atoms with E-state index in [1.54, 1.807) is 55.4 Å². The summed E-state index contributed by atoms with van der Waals surface area (Å²) < 4.78 is 0. The molecule has 0 aromatic rings. The second-order valence-corrected chi connectivity index (χ2v) is 4.37. The van der Waals surface area contributed by atoms with Crippen LogP contribution in [0.2, 0.25) is 0 Å². The van der Waals surface area contributed by atoms with Crippen molar-refractivity contribution in [3.8, 4) is 0 Å². The second kappa shape index (κ2) is 25.5. The maximum Gasteiger partial charge on any atom is 0.0483 e. The minimum Gasteiger partial charge on any atom is -0.394 e. The maximum absolute atomic E-state index is 8.06. The van der Waals surface area contributed by atoms with Crippen LogP contribution in [0.3, 0.4) is 0 Å². The molecule has 0 rings (SSSR count). The monoisotopic (exact) mass is 360 g/mol. The van der Waals surface area contributed by atoms with Crippen molar-refractivity contribution in [2.24, 2.45) is 0 Å². The third-order valence-corrected chi connectivity index (χ3v) is 0. The van der Waals surface area contributed by atoms with Crippen molar-refractivity contribution < 1.29 is 20.4 Å². The first-order valence-electron chi connectivity index (χ1n) is 5.65. The summed E-state index contributed by atoms with van der Waals surface area (Å²) >= 11 is 0. The molecule has 4 radical (unpaired) electrons. The van der Waals surface area contributed by atoms with Crippen molar-refractivity contribution in [1.29, 1.82) is 0 Å². The molecule has 0 unspecified atom stereocenters. The van der Waals surface area contributed by atoms with Crippen LogP contribution in [-0.4, -0.2) is 68.7 Å². The fourth-order valence-electron chi connectivity index (χ4n) is 0. The largest absolute Gasteiger partial charge is 0.394 e. The number of aliphatic hydroxyl groups excluding tert-OH is 4. The van der Waals surface area contributed by atoms with Crippen molar-refractivity contribution in [2.75, 3.05) is 0 Å². The molecule has 108 valence electrons. The quantitative estimate of drug-likeness (QED) is 0.490. The Bertz CT molecular complexity index is 61.5. The molecule has 0 aliphatic heterocycles. The Balaban J connectivity index is -0.0000000369. The number of hydrogen-bond donors (Lipinski definition) is 4. The molecular weight excluding hydrogens is 327 g/mol. The van der Waals surface area contributed by atoms with Crippen LogP contribution < -0.4 is 0 Å². The smallest absolute Gasteiger partial charge is 0.0483 e. The van der Waals surface area contributed by atoms with Crippen LogP contribution >= 0.6 is 0 Å². The van der Waals surface area contributed by atoms with Crippen LogP contribution in [-0.2, 0) is 0 Å². The molecule has 0 amide bonds. The Morgan fingerprint density at radius 1 is 0.412 bits per heavy atom. The van der Waals surface area contributed by atoms with Crippen molar-refractivity contribution >= 4 is 23.9 Å². The summed E-state index contributed by atoms with van der Waals surface area (Å²) in [6.07, 6.45) is -0.667. The SMILES string of the molecule is CC(C)O.CC(C)O.CC(C)O.CC(C)O.[Sn]. The molecule has 0 aliphatic rings. The summed E-state index contributed by atoms with van der Waals surface area (Å²) in [5.41, 5.74) is 0. The Morgan fingerprint density at radius 3 is 0.412 bits per heavy atom. The van der Waals surface area contributed by atoms with E-state index in [-0.39, 0.29) is 48.3 Å². The maximum atomic E-state index is 8.06. The van der Waals surface area contributed by atoms with E-state index in [1.165, 1.54) is 0 Å². The van der Waals surface area contributed by atoms with Crippen LogP contribution in [0.15, 0.2) is 0 Å². The zero-order valence-corrected chi connectivity index (χ0v) is 15.5. The van der Waals surface area contributed by atoms with Crippen LogP contribution in [0.1, 0.15) is 55.4 Å². The summed E-state index contributed by atoms with van der Waals surface area (Å²) in [5.74, 6) is 0. The van der Waals surface area contributed by atoms with E-state index in [9.17, 15) is 0 Å². The third-order valence-electron chi connectivity index (χ3n) is 0. The molecule has 4 nitrogen and oxygen atoms in total. The molecule has 0 aromatic heterocycles. The number of hydrogen-bond acceptors (Lipinski definition) is 4. The van der Waals surface area contributed by atoms with E-state index in [0.29, 0.717) is 0 Å². The number of aliphatic hydroxyl groups is 4. The van der Waals surface area contributed by atoms with Gasteiger partial charge in [0.1, 0.15) is 0 Å². The van der Waals surface area contributed by atoms with E-state index in [1.807, 2.05) is 0 Å². The van der Waals surface area contributed by atoms with Gasteiger partial charge >= 0.3 is 0 Å². The van der Waals surface area contributed by atoms with Crippen LogP contribution in [0.25, 0.3) is 0 Å². The van der Waals surface area contributed by atoms with Gasteiger partial charge in [-0.2, -0.15) is 0 Å². The minimum absolute atomic E-state index is 0. The molecule has 0 bridgehead atoms. The van der Waals surface area contributed by atoms with Crippen molar-refractivity contribution in [3.63, 3.8) is 0 Å². The van der Waals surface area contributed by atoms with Crippen LogP contribution in [0.4, 0.5) is 0 Å². The van der Waals surface area contributed by atoms with Gasteiger partial charge in [-0.15, -0.1) is 0 Å². The second-order valence-electron chi connectivity index (χ2n) is 4.37. The summed E-state index contributed by atoms with van der Waals surface area (Å²) in [5, 5.41) is 32.2. The minimum atomic E-state index is -0.167. The first-order valence-corrected chi connectivity index (χ1v) is 5.65. The van der Waals surface area contributed by atoms with E-state index in [0.717, 1.165) is 0 Å². The Kier molecular flexibility index (Phi) is 45.8. The van der Waals surface area contributed by atoms with Gasteiger partial charge in [0.2, 0.25) is 0 Å². The molecular formula is C12H32O4Sn. The molecule has 0 aromatic carbocycles. The van der Waals surface area contributed by atoms with Gasteiger partial charge in [0.15, 0.2) is 0 Å². The van der Waals surface area contributed by atoms with Gasteiger partial charge in [-0.05, 0) is 55.4 Å². The van der Waals surface area contributed by atoms with Gasteiger partial charge in [-0.25, -0.2) is 0 Å². The summed E-state index contributed by atoms with van der Waals surface area (Å²) in [6.45, 7) is 13.8. The summed E-state index contributed by atoms with van der Waals surface area (Å²) in [7, 11) is 0. The van der Waals surface area contributed by atoms with Gasteiger partial charge in [0.05, 0.1) is 0 Å². The molecule has 0 fully saturated rings. The van der Waals surface area contributed by atoms with Crippen molar-refractivity contribution in [3.05, 3.63) is 0 Å². The van der Waals surface area contributed by atoms with E-state index in [4.69, 9.17) is 20.4 Å². The molecule has 17 heavy (non-hydrogen) atoms. The van der Waals surface area contributed by atoms with Gasteiger partial charge in [0, 0.05) is 48.3 Å². The molecule has 0 saturated carbocycles. The van der Waals surface area contributed by atoms with E-state index < -0.39 is 0 Å². The topological polar surface area (TPSA) is 80.9 Å². The number of rotatable bonds is 0. The predicted octanol–water partition coefficient (Wildman–Crippen LogP) is 1.17. The van der Waals surface area contributed by atoms with Gasteiger partial charge in [-0.1, -0.05) is 0 Å². The average molecular weight is 359 g/mol. The predicted molar refractivity (Wildman–Crippen MR) is 75.2 cm³/mol. The van der Waals surface area contributed by atoms with E-state index >= 15 is 0 Å². The molecule has 0 heterocycles. The fraction of sp³-hybridized carbons (Fsp3) is 1.00. The Hall–Kier alpha value is 0.639. The van der Waals surface area contributed by atoms with Crippen LogP contribution in [0.5, 0.6) is 0 Å². The summed E-state index contributed by atoms with van der Waals surface area (Å²) in [6, 6.07) is 0. The first-order chi connectivity index (χ1) is 6.93. The zero-order valence-electron chi connectivity index (χ0n) is 12.6. The normalized spacial score (nSPS) is 8.47. The van der Waals surface area contributed by atoms with Gasteiger partial charge in [0.25, 0.3) is 0 Å². The van der Waals surface area contributed by atoms with Gasteiger partial charge in [-0.3, -0.25) is 0 Å². The average Bonchev–Trinajstić information content (AvgIpc) is 1.76. The van der Waals surface area contributed by atoms with Crippen molar-refractivity contribution in [1.82, 2.24) is 0 Å². The standard InChI is InChI=1S/4C3H8O.Sn/c4*1-3(2)4;/h4*3-4H,1-2H3;. The van der Waals surface area contributed by atoms with Gasteiger partial charge < -0.3 is 20.4 Å². The fourth-order valence-corrected chi connectivity index (χ4v) is 0. The van der Waals surface area contributed by atoms with Crippen molar-refractivity contribution in [2.45, 2.75) is 79.8 Å². The molecule has 0 atom stereocenters. The Labute approximate surface area is 124 Å². The van der Waals surface area contributed by atoms with E-state index in [2.05, 4.69) is 0 Å². The van der Waals surface area contributed by atoms with Crippen LogP contribution in [0, 0.1) is 0 Å². The third kappa shape index (κ3) is 8740. The summed E-state index contributed by atoms with van der Waals surface area (Å²) in [4.78, 5) is 0.